The van der Waals surface area contributed by atoms with Crippen molar-refractivity contribution in [2.24, 2.45) is 7.05 Å². The van der Waals surface area contributed by atoms with Gasteiger partial charge >= 0.3 is 5.69 Å². The highest BCUT2D eigenvalue weighted by Gasteiger charge is 2.04. The second-order valence-electron chi connectivity index (χ2n) is 3.72. The van der Waals surface area contributed by atoms with Gasteiger partial charge in [-0.15, -0.1) is 0 Å². The van der Waals surface area contributed by atoms with Crippen LogP contribution in [-0.2, 0) is 7.05 Å². The van der Waals surface area contributed by atoms with Gasteiger partial charge in [0.15, 0.2) is 0 Å². The number of aromatic amines is 2. The molecule has 80 valence electrons. The topological polar surface area (TPSA) is 66.5 Å². The van der Waals surface area contributed by atoms with Gasteiger partial charge in [0.25, 0.3) is 0 Å². The van der Waals surface area contributed by atoms with Gasteiger partial charge in [0.05, 0.1) is 23.1 Å². The third kappa shape index (κ3) is 1.25. The molecule has 1 aromatic carbocycles. The van der Waals surface area contributed by atoms with Crippen molar-refractivity contribution in [1.29, 1.82) is 0 Å². The van der Waals surface area contributed by atoms with Crippen LogP contribution in [0.4, 0.5) is 0 Å². The molecule has 0 fully saturated rings. The Labute approximate surface area is 90.8 Å². The first kappa shape index (κ1) is 8.96. The number of nitrogens with zero attached hydrogens (tertiary/aromatic N) is 2. The highest BCUT2D eigenvalue weighted by molar-refractivity contribution is 5.81. The van der Waals surface area contributed by atoms with Crippen molar-refractivity contribution >= 4 is 11.0 Å². The maximum Gasteiger partial charge on any atom is 0.323 e. The van der Waals surface area contributed by atoms with Crippen LogP contribution < -0.4 is 5.69 Å². The van der Waals surface area contributed by atoms with Crippen molar-refractivity contribution < 1.29 is 0 Å². The van der Waals surface area contributed by atoms with Crippen molar-refractivity contribution in [3.63, 3.8) is 0 Å². The van der Waals surface area contributed by atoms with Crippen LogP contribution >= 0.6 is 0 Å². The molecule has 3 rings (SSSR count). The van der Waals surface area contributed by atoms with E-state index in [2.05, 4.69) is 15.0 Å². The lowest BCUT2D eigenvalue weighted by molar-refractivity contribution is 0.948. The number of hydrogen-bond donors (Lipinski definition) is 2. The third-order valence-electron chi connectivity index (χ3n) is 2.63. The normalized spacial score (nSPS) is 11.1. The second kappa shape index (κ2) is 3.10. The van der Waals surface area contributed by atoms with Crippen molar-refractivity contribution in [2.45, 2.75) is 0 Å². The molecule has 3 aromatic rings. The fraction of sp³-hybridized carbons (Fsp3) is 0.0909. The number of hydrogen-bond acceptors (Lipinski definition) is 2. The van der Waals surface area contributed by atoms with Crippen LogP contribution in [-0.4, -0.2) is 19.5 Å². The van der Waals surface area contributed by atoms with Crippen molar-refractivity contribution in [3.8, 4) is 11.3 Å². The molecule has 0 saturated carbocycles. The molecule has 0 aliphatic rings. The molecule has 0 bridgehead atoms. The van der Waals surface area contributed by atoms with E-state index in [4.69, 9.17) is 0 Å². The molecule has 0 atom stereocenters. The van der Waals surface area contributed by atoms with Crippen LogP contribution in [0.3, 0.4) is 0 Å². The van der Waals surface area contributed by atoms with Gasteiger partial charge in [-0.2, -0.15) is 0 Å². The standard InChI is InChI=1S/C11H10N4O/c1-15-6-13-8-4-7(2-3-10(8)15)9-5-12-11(16)14-9/h2-6H,1H3,(H2,12,14,16). The molecule has 5 nitrogen and oxygen atoms in total. The number of aromatic nitrogens is 4. The Morgan fingerprint density at radius 3 is 3.00 bits per heavy atom. The summed E-state index contributed by atoms with van der Waals surface area (Å²) < 4.78 is 1.96. The first-order valence-electron chi connectivity index (χ1n) is 4.93. The van der Waals surface area contributed by atoms with Crippen LogP contribution in [0.5, 0.6) is 0 Å². The van der Waals surface area contributed by atoms with Gasteiger partial charge in [0.2, 0.25) is 0 Å². The Morgan fingerprint density at radius 2 is 2.25 bits per heavy atom. The quantitative estimate of drug-likeness (QED) is 0.640. The summed E-state index contributed by atoms with van der Waals surface area (Å²) in [6.07, 6.45) is 3.43. The lowest BCUT2D eigenvalue weighted by Gasteiger charge is -1.98. The van der Waals surface area contributed by atoms with Crippen molar-refractivity contribution in [3.05, 3.63) is 41.2 Å². The average Bonchev–Trinajstić information content (AvgIpc) is 2.86. The van der Waals surface area contributed by atoms with Gasteiger partial charge in [-0.05, 0) is 12.1 Å². The van der Waals surface area contributed by atoms with Crippen LogP contribution in [0.15, 0.2) is 35.5 Å². The third-order valence-corrected chi connectivity index (χ3v) is 2.63. The SMILES string of the molecule is Cn1cnc2cc(-c3c[nH]c(=O)[nH]3)ccc21. The number of benzene rings is 1. The van der Waals surface area contributed by atoms with E-state index < -0.39 is 0 Å². The van der Waals surface area contributed by atoms with Gasteiger partial charge < -0.3 is 14.5 Å². The van der Waals surface area contributed by atoms with Crippen LogP contribution in [0, 0.1) is 0 Å². The lowest BCUT2D eigenvalue weighted by Crippen LogP contribution is -1.99. The Bertz CT molecular complexity index is 704. The molecule has 0 spiro atoms. The Hall–Kier alpha value is -2.30. The zero-order chi connectivity index (χ0) is 11.1. The highest BCUT2D eigenvalue weighted by Crippen LogP contribution is 2.20. The summed E-state index contributed by atoms with van der Waals surface area (Å²) in [5.41, 5.74) is 3.52. The zero-order valence-electron chi connectivity index (χ0n) is 8.69. The minimum atomic E-state index is -0.198. The maximum absolute atomic E-state index is 11.0. The molecule has 0 unspecified atom stereocenters. The Kier molecular flexibility index (Phi) is 1.73. The van der Waals surface area contributed by atoms with Crippen molar-refractivity contribution in [1.82, 2.24) is 19.5 Å². The predicted molar refractivity (Wildman–Crippen MR) is 61.1 cm³/mol. The minimum Gasteiger partial charge on any atom is -0.334 e. The van der Waals surface area contributed by atoms with E-state index in [1.54, 1.807) is 12.5 Å². The monoisotopic (exact) mass is 214 g/mol. The molecule has 2 aromatic heterocycles. The Balaban J connectivity index is 2.22. The number of rotatable bonds is 1. The summed E-state index contributed by atoms with van der Waals surface area (Å²) in [4.78, 5) is 20.6. The van der Waals surface area contributed by atoms with E-state index in [1.807, 2.05) is 29.8 Å². The van der Waals surface area contributed by atoms with E-state index in [-0.39, 0.29) is 5.69 Å². The molecule has 0 amide bonds. The highest BCUT2D eigenvalue weighted by atomic mass is 16.1. The maximum atomic E-state index is 11.0. The number of aryl methyl sites for hydroxylation is 1. The smallest absolute Gasteiger partial charge is 0.323 e. The van der Waals surface area contributed by atoms with E-state index in [9.17, 15) is 4.79 Å². The number of H-pyrrole nitrogens is 2. The second-order valence-corrected chi connectivity index (χ2v) is 3.72. The largest absolute Gasteiger partial charge is 0.334 e. The molecule has 0 aliphatic carbocycles. The zero-order valence-corrected chi connectivity index (χ0v) is 8.69. The average molecular weight is 214 g/mol. The molecule has 16 heavy (non-hydrogen) atoms. The van der Waals surface area contributed by atoms with E-state index in [1.165, 1.54) is 0 Å². The lowest BCUT2D eigenvalue weighted by atomic mass is 10.1. The summed E-state index contributed by atoms with van der Waals surface area (Å²) in [7, 11) is 1.95. The fourth-order valence-electron chi connectivity index (χ4n) is 1.79. The summed E-state index contributed by atoms with van der Waals surface area (Å²) in [6.45, 7) is 0. The van der Waals surface area contributed by atoms with Gasteiger partial charge in [0.1, 0.15) is 0 Å². The summed E-state index contributed by atoms with van der Waals surface area (Å²) in [5, 5.41) is 0. The van der Waals surface area contributed by atoms with Gasteiger partial charge in [-0.1, -0.05) is 6.07 Å². The molecular weight excluding hydrogens is 204 g/mol. The van der Waals surface area contributed by atoms with Crippen LogP contribution in [0.25, 0.3) is 22.3 Å². The summed E-state index contributed by atoms with van der Waals surface area (Å²) in [5.74, 6) is 0. The van der Waals surface area contributed by atoms with E-state index in [0.717, 1.165) is 22.3 Å². The van der Waals surface area contributed by atoms with E-state index >= 15 is 0 Å². The summed E-state index contributed by atoms with van der Waals surface area (Å²) >= 11 is 0. The van der Waals surface area contributed by atoms with Crippen LogP contribution in [0.1, 0.15) is 0 Å². The van der Waals surface area contributed by atoms with E-state index in [0.29, 0.717) is 0 Å². The van der Waals surface area contributed by atoms with Crippen LogP contribution in [0.2, 0.25) is 0 Å². The number of imidazole rings is 2. The molecule has 2 N–H and O–H groups in total. The molecule has 0 saturated heterocycles. The summed E-state index contributed by atoms with van der Waals surface area (Å²) in [6, 6.07) is 5.90. The first-order valence-corrected chi connectivity index (χ1v) is 4.93. The first-order chi connectivity index (χ1) is 7.74. The molecule has 0 radical (unpaired) electrons. The number of fused-ring (bicyclic) bond motifs is 1. The van der Waals surface area contributed by atoms with Gasteiger partial charge in [-0.25, -0.2) is 9.78 Å². The molecule has 5 heteroatoms. The van der Waals surface area contributed by atoms with Gasteiger partial charge in [-0.3, -0.25) is 0 Å². The molecule has 0 aliphatic heterocycles. The predicted octanol–water partition coefficient (Wildman–Crippen LogP) is 1.26. The molecular formula is C11H10N4O. The minimum absolute atomic E-state index is 0.198. The van der Waals surface area contributed by atoms with Crippen molar-refractivity contribution in [2.75, 3.05) is 0 Å². The molecule has 2 heterocycles. The van der Waals surface area contributed by atoms with Gasteiger partial charge in [0, 0.05) is 18.8 Å². The number of nitrogens with one attached hydrogen (secondary N) is 2. The Morgan fingerprint density at radius 1 is 1.38 bits per heavy atom. The fourth-order valence-corrected chi connectivity index (χ4v) is 1.79.